The standard InChI is InChI=1S/C24H21ClN2O5S2/c1-3-32-23(28)17-7-4-15(2)20(12-17)26-34(30,31)19-10-11-21-22(13-19)33-24(29)27(21)14-16-5-8-18(25)9-6-16/h4-13,26H,3,14H2,1-2H3. The highest BCUT2D eigenvalue weighted by molar-refractivity contribution is 7.92. The van der Waals surface area contributed by atoms with Crippen LogP contribution in [0.2, 0.25) is 5.02 Å². The van der Waals surface area contributed by atoms with Crippen molar-refractivity contribution in [1.29, 1.82) is 0 Å². The van der Waals surface area contributed by atoms with Gasteiger partial charge in [0.05, 0.1) is 39.5 Å². The van der Waals surface area contributed by atoms with Gasteiger partial charge in [-0.1, -0.05) is 41.1 Å². The average Bonchev–Trinajstić information content (AvgIpc) is 3.11. The Morgan fingerprint density at radius 2 is 1.82 bits per heavy atom. The first-order valence-corrected chi connectivity index (χ1v) is 13.0. The molecule has 0 unspecified atom stereocenters. The molecule has 1 aromatic heterocycles. The third-order valence-corrected chi connectivity index (χ3v) is 7.75. The zero-order chi connectivity index (χ0) is 24.5. The maximum absolute atomic E-state index is 13.1. The lowest BCUT2D eigenvalue weighted by Gasteiger charge is -2.12. The fourth-order valence-corrected chi connectivity index (χ4v) is 5.69. The van der Waals surface area contributed by atoms with Gasteiger partial charge in [0.1, 0.15) is 0 Å². The van der Waals surface area contributed by atoms with E-state index < -0.39 is 16.0 Å². The summed E-state index contributed by atoms with van der Waals surface area (Å²) in [5.41, 5.74) is 2.72. The minimum atomic E-state index is -3.97. The topological polar surface area (TPSA) is 94.5 Å². The molecule has 0 radical (unpaired) electrons. The van der Waals surface area contributed by atoms with E-state index in [0.717, 1.165) is 16.9 Å². The van der Waals surface area contributed by atoms with Crippen LogP contribution in [0, 0.1) is 6.92 Å². The fourth-order valence-electron chi connectivity index (χ4n) is 3.41. The molecular formula is C24H21ClN2O5S2. The van der Waals surface area contributed by atoms with Crippen molar-refractivity contribution in [2.75, 3.05) is 11.3 Å². The molecule has 4 aromatic rings. The summed E-state index contributed by atoms with van der Waals surface area (Å²) in [5.74, 6) is -0.531. The first kappa shape index (κ1) is 24.0. The van der Waals surface area contributed by atoms with Crippen molar-refractivity contribution in [3.8, 4) is 0 Å². The Hall–Kier alpha value is -3.14. The smallest absolute Gasteiger partial charge is 0.338 e. The number of esters is 1. The van der Waals surface area contributed by atoms with E-state index in [1.165, 1.54) is 18.2 Å². The van der Waals surface area contributed by atoms with E-state index in [4.69, 9.17) is 16.3 Å². The number of nitrogens with zero attached hydrogens (tertiary/aromatic N) is 1. The van der Waals surface area contributed by atoms with Crippen molar-refractivity contribution >= 4 is 54.8 Å². The fraction of sp³-hybridized carbons (Fsp3) is 0.167. The second kappa shape index (κ2) is 9.61. The second-order valence-electron chi connectivity index (χ2n) is 7.57. The van der Waals surface area contributed by atoms with Crippen LogP contribution in [0.3, 0.4) is 0 Å². The molecule has 0 aliphatic carbocycles. The highest BCUT2D eigenvalue weighted by atomic mass is 35.5. The third kappa shape index (κ3) is 5.01. The molecule has 0 bridgehead atoms. The van der Waals surface area contributed by atoms with Gasteiger partial charge in [-0.25, -0.2) is 13.2 Å². The van der Waals surface area contributed by atoms with Crippen LogP contribution < -0.4 is 9.60 Å². The van der Waals surface area contributed by atoms with E-state index >= 15 is 0 Å². The molecule has 0 atom stereocenters. The molecule has 7 nitrogen and oxygen atoms in total. The number of hydrogen-bond acceptors (Lipinski definition) is 6. The summed E-state index contributed by atoms with van der Waals surface area (Å²) in [4.78, 5) is 24.5. The Kier molecular flexibility index (Phi) is 6.79. The molecule has 0 aliphatic heterocycles. The number of carbonyl (C=O) groups excluding carboxylic acids is 1. The van der Waals surface area contributed by atoms with Crippen molar-refractivity contribution in [3.05, 3.63) is 92.0 Å². The molecule has 10 heteroatoms. The third-order valence-electron chi connectivity index (χ3n) is 5.20. The minimum absolute atomic E-state index is 0.0147. The zero-order valence-corrected chi connectivity index (χ0v) is 20.8. The zero-order valence-electron chi connectivity index (χ0n) is 18.4. The van der Waals surface area contributed by atoms with E-state index in [1.54, 1.807) is 48.7 Å². The summed E-state index contributed by atoms with van der Waals surface area (Å²) in [6.45, 7) is 4.00. The normalized spacial score (nSPS) is 11.5. The Bertz CT molecular complexity index is 1540. The summed E-state index contributed by atoms with van der Waals surface area (Å²) < 4.78 is 35.9. The number of ether oxygens (including phenoxy) is 1. The molecule has 1 N–H and O–H groups in total. The molecule has 3 aromatic carbocycles. The first-order chi connectivity index (χ1) is 16.2. The summed E-state index contributed by atoms with van der Waals surface area (Å²) in [7, 11) is -3.97. The van der Waals surface area contributed by atoms with Crippen molar-refractivity contribution < 1.29 is 17.9 Å². The Morgan fingerprint density at radius 3 is 2.53 bits per heavy atom. The predicted octanol–water partition coefficient (Wildman–Crippen LogP) is 5.05. The van der Waals surface area contributed by atoms with Gasteiger partial charge in [-0.05, 0) is 67.4 Å². The quantitative estimate of drug-likeness (QED) is 0.347. The molecule has 0 fully saturated rings. The van der Waals surface area contributed by atoms with Gasteiger partial charge in [0, 0.05) is 5.02 Å². The lowest BCUT2D eigenvalue weighted by atomic mass is 10.1. The summed E-state index contributed by atoms with van der Waals surface area (Å²) in [5, 5.41) is 0.608. The van der Waals surface area contributed by atoms with E-state index in [2.05, 4.69) is 4.72 Å². The molecule has 0 aliphatic rings. The molecule has 1 heterocycles. The van der Waals surface area contributed by atoms with Crippen LogP contribution in [0.25, 0.3) is 10.2 Å². The van der Waals surface area contributed by atoms with Crippen molar-refractivity contribution in [1.82, 2.24) is 4.57 Å². The number of aromatic nitrogens is 1. The van der Waals surface area contributed by atoms with E-state index in [9.17, 15) is 18.0 Å². The largest absolute Gasteiger partial charge is 0.462 e. The van der Waals surface area contributed by atoms with Crippen LogP contribution in [0.4, 0.5) is 5.69 Å². The number of sulfonamides is 1. The SMILES string of the molecule is CCOC(=O)c1ccc(C)c(NS(=O)(=O)c2ccc3c(c2)sc(=O)n3Cc2ccc(Cl)cc2)c1. The Morgan fingerprint density at radius 1 is 1.09 bits per heavy atom. The van der Waals surface area contributed by atoms with Crippen LogP contribution in [-0.2, 0) is 21.3 Å². The average molecular weight is 517 g/mol. The number of nitrogens with one attached hydrogen (secondary N) is 1. The van der Waals surface area contributed by atoms with Gasteiger partial charge in [-0.3, -0.25) is 14.1 Å². The van der Waals surface area contributed by atoms with Crippen molar-refractivity contribution in [3.63, 3.8) is 0 Å². The maximum Gasteiger partial charge on any atom is 0.338 e. The van der Waals surface area contributed by atoms with Crippen molar-refractivity contribution in [2.24, 2.45) is 0 Å². The van der Waals surface area contributed by atoms with Gasteiger partial charge in [0.2, 0.25) is 0 Å². The maximum atomic E-state index is 13.1. The summed E-state index contributed by atoms with van der Waals surface area (Å²) in [6.07, 6.45) is 0. The molecular weight excluding hydrogens is 496 g/mol. The molecule has 0 saturated carbocycles. The lowest BCUT2D eigenvalue weighted by Crippen LogP contribution is -2.15. The number of rotatable bonds is 7. The number of carbonyl (C=O) groups is 1. The number of benzene rings is 3. The molecule has 176 valence electrons. The van der Waals surface area contributed by atoms with Crippen LogP contribution >= 0.6 is 22.9 Å². The number of anilines is 1. The molecule has 34 heavy (non-hydrogen) atoms. The second-order valence-corrected chi connectivity index (χ2v) is 10.7. The van der Waals surface area contributed by atoms with Gasteiger partial charge in [-0.15, -0.1) is 0 Å². The van der Waals surface area contributed by atoms with Crippen molar-refractivity contribution in [2.45, 2.75) is 25.3 Å². The van der Waals surface area contributed by atoms with Crippen LogP contribution in [-0.4, -0.2) is 25.6 Å². The summed E-state index contributed by atoms with van der Waals surface area (Å²) >= 11 is 6.91. The van der Waals surface area contributed by atoms with Gasteiger partial charge in [-0.2, -0.15) is 0 Å². The lowest BCUT2D eigenvalue weighted by molar-refractivity contribution is 0.0526. The van der Waals surface area contributed by atoms with E-state index in [-0.39, 0.29) is 27.6 Å². The Labute approximate surface area is 205 Å². The molecule has 0 amide bonds. The number of hydrogen-bond donors (Lipinski definition) is 1. The highest BCUT2D eigenvalue weighted by Gasteiger charge is 2.19. The van der Waals surface area contributed by atoms with Gasteiger partial charge in [0.25, 0.3) is 10.0 Å². The van der Waals surface area contributed by atoms with E-state index in [0.29, 0.717) is 27.3 Å². The number of thiazole rings is 1. The highest BCUT2D eigenvalue weighted by Crippen LogP contribution is 2.26. The van der Waals surface area contributed by atoms with Crippen LogP contribution in [0.1, 0.15) is 28.4 Å². The monoisotopic (exact) mass is 516 g/mol. The van der Waals surface area contributed by atoms with Gasteiger partial charge < -0.3 is 4.74 Å². The first-order valence-electron chi connectivity index (χ1n) is 10.4. The summed E-state index contributed by atoms with van der Waals surface area (Å²) in [6, 6.07) is 16.4. The Balaban J connectivity index is 1.65. The molecule has 0 saturated heterocycles. The number of fused-ring (bicyclic) bond motifs is 1. The van der Waals surface area contributed by atoms with E-state index in [1.807, 2.05) is 12.1 Å². The van der Waals surface area contributed by atoms with Gasteiger partial charge >= 0.3 is 10.8 Å². The number of aryl methyl sites for hydroxylation is 1. The van der Waals surface area contributed by atoms with Crippen LogP contribution in [0.5, 0.6) is 0 Å². The predicted molar refractivity (Wildman–Crippen MR) is 135 cm³/mol. The molecule has 0 spiro atoms. The minimum Gasteiger partial charge on any atom is -0.462 e. The van der Waals surface area contributed by atoms with Gasteiger partial charge in [0.15, 0.2) is 0 Å². The molecule has 4 rings (SSSR count). The van der Waals surface area contributed by atoms with Crippen LogP contribution in [0.15, 0.2) is 70.4 Å². The number of halogens is 1.